The number of hydrogen-bond donors (Lipinski definition) is 0. The lowest BCUT2D eigenvalue weighted by Crippen LogP contribution is -2.29. The van der Waals surface area contributed by atoms with Crippen LogP contribution >= 0.6 is 0 Å². The first-order valence-corrected chi connectivity index (χ1v) is 14.3. The Kier molecular flexibility index (Phi) is 9.39. The van der Waals surface area contributed by atoms with E-state index in [-0.39, 0.29) is 19.0 Å². The SMILES string of the molecule is C=C1/C(=C\C=C(/C)Cc2ccc(N3CCCCC3)cc2)C=CC(=O)C1[C@@H]1CCCc2ccccc21.CC.[HH]. The minimum absolute atomic E-state index is 0. The normalized spacial score (nSPS) is 22.9. The Balaban J connectivity index is 0.00000130. The maximum absolute atomic E-state index is 13.0. The minimum atomic E-state index is -0.149. The van der Waals surface area contributed by atoms with Gasteiger partial charge in [-0.3, -0.25) is 4.79 Å². The Labute approximate surface area is 226 Å². The second-order valence-corrected chi connectivity index (χ2v) is 10.5. The second-order valence-electron chi connectivity index (χ2n) is 10.5. The predicted molar refractivity (Wildman–Crippen MR) is 160 cm³/mol. The van der Waals surface area contributed by atoms with Crippen LogP contribution in [-0.4, -0.2) is 18.9 Å². The van der Waals surface area contributed by atoms with Crippen LogP contribution in [0, 0.1) is 5.92 Å². The smallest absolute Gasteiger partial charge is 0.163 e. The highest BCUT2D eigenvalue weighted by molar-refractivity contribution is 5.98. The first kappa shape index (κ1) is 26.9. The molecule has 2 atom stereocenters. The van der Waals surface area contributed by atoms with Crippen molar-refractivity contribution in [3.05, 3.63) is 113 Å². The van der Waals surface area contributed by atoms with Crippen molar-refractivity contribution in [3.63, 3.8) is 0 Å². The van der Waals surface area contributed by atoms with E-state index in [1.165, 1.54) is 60.3 Å². The maximum Gasteiger partial charge on any atom is 0.163 e. The van der Waals surface area contributed by atoms with Gasteiger partial charge in [0.1, 0.15) is 0 Å². The summed E-state index contributed by atoms with van der Waals surface area (Å²) in [7, 11) is 0. The molecule has 1 heterocycles. The van der Waals surface area contributed by atoms with E-state index in [1.807, 2.05) is 19.9 Å². The van der Waals surface area contributed by atoms with E-state index >= 15 is 0 Å². The molecule has 5 rings (SSSR count). The van der Waals surface area contributed by atoms with Gasteiger partial charge in [-0.15, -0.1) is 0 Å². The molecular weight excluding hydrogens is 450 g/mol. The molecule has 0 aromatic heterocycles. The highest BCUT2D eigenvalue weighted by atomic mass is 16.1. The summed E-state index contributed by atoms with van der Waals surface area (Å²) >= 11 is 0. The number of rotatable bonds is 5. The molecule has 2 nitrogen and oxygen atoms in total. The summed E-state index contributed by atoms with van der Waals surface area (Å²) in [5, 5.41) is 0. The second kappa shape index (κ2) is 12.9. The third-order valence-electron chi connectivity index (χ3n) is 7.99. The van der Waals surface area contributed by atoms with Crippen molar-refractivity contribution < 1.29 is 6.22 Å². The number of nitrogens with zero attached hydrogens (tertiary/aromatic N) is 1. The van der Waals surface area contributed by atoms with Crippen molar-refractivity contribution in [2.75, 3.05) is 18.0 Å². The van der Waals surface area contributed by atoms with Crippen molar-refractivity contribution in [1.82, 2.24) is 0 Å². The fraction of sp³-hybridized carbons (Fsp3) is 0.400. The van der Waals surface area contributed by atoms with Gasteiger partial charge in [-0.25, -0.2) is 0 Å². The van der Waals surface area contributed by atoms with Gasteiger partial charge in [-0.2, -0.15) is 0 Å². The van der Waals surface area contributed by atoms with Crippen molar-refractivity contribution >= 4 is 11.5 Å². The standard InChI is InChI=1S/C33H37NO.C2H6.H2/c1-24(23-26-14-18-29(19-15-26)34-21-6-3-7-22-34)13-16-27-17-20-32(35)33(25(27)2)31-12-8-10-28-9-4-5-11-30(28)31;1-2;/h4-5,9,11,13-20,31,33H,2-3,6-8,10,12,21-23H2,1H3;1-2H3;1H/b24-13+,27-16-;;/t31-,33?;;/m1../s1. The zero-order valence-corrected chi connectivity index (χ0v) is 23.0. The number of aryl methyl sites for hydroxylation is 1. The molecule has 0 spiro atoms. The van der Waals surface area contributed by atoms with Crippen LogP contribution in [0.4, 0.5) is 5.69 Å². The van der Waals surface area contributed by atoms with E-state index in [0.29, 0.717) is 0 Å². The number of benzene rings is 2. The Hall–Kier alpha value is -3.13. The molecule has 196 valence electrons. The fourth-order valence-electron chi connectivity index (χ4n) is 6.07. The van der Waals surface area contributed by atoms with Crippen LogP contribution in [0.2, 0.25) is 0 Å². The molecule has 0 saturated carbocycles. The van der Waals surface area contributed by atoms with Crippen LogP contribution in [0.3, 0.4) is 0 Å². The lowest BCUT2D eigenvalue weighted by molar-refractivity contribution is -0.118. The quantitative estimate of drug-likeness (QED) is 0.413. The van der Waals surface area contributed by atoms with Gasteiger partial charge in [-0.05, 0) is 104 Å². The predicted octanol–water partition coefficient (Wildman–Crippen LogP) is 8.80. The Morgan fingerprint density at radius 3 is 2.49 bits per heavy atom. The summed E-state index contributed by atoms with van der Waals surface area (Å²) in [4.78, 5) is 15.5. The molecule has 1 unspecified atom stereocenters. The third kappa shape index (κ3) is 6.42. The summed E-state index contributed by atoms with van der Waals surface area (Å²) in [6.07, 6.45) is 16.3. The number of piperidine rings is 1. The summed E-state index contributed by atoms with van der Waals surface area (Å²) in [6.45, 7) is 13.0. The molecule has 0 radical (unpaired) electrons. The number of anilines is 1. The van der Waals surface area contributed by atoms with Gasteiger partial charge in [0, 0.05) is 20.2 Å². The van der Waals surface area contributed by atoms with Crippen LogP contribution in [-0.2, 0) is 17.6 Å². The minimum Gasteiger partial charge on any atom is -0.372 e. The van der Waals surface area contributed by atoms with E-state index in [2.05, 4.69) is 79.1 Å². The molecule has 3 aliphatic rings. The maximum atomic E-state index is 13.0. The van der Waals surface area contributed by atoms with E-state index in [4.69, 9.17) is 0 Å². The first-order chi connectivity index (χ1) is 18.1. The van der Waals surface area contributed by atoms with Gasteiger partial charge in [0.2, 0.25) is 0 Å². The molecule has 2 aliphatic carbocycles. The molecule has 1 fully saturated rings. The molecule has 37 heavy (non-hydrogen) atoms. The third-order valence-corrected chi connectivity index (χ3v) is 7.99. The summed E-state index contributed by atoms with van der Waals surface area (Å²) in [6, 6.07) is 17.7. The van der Waals surface area contributed by atoms with Crippen molar-refractivity contribution in [2.45, 2.75) is 71.6 Å². The molecule has 2 aromatic rings. The van der Waals surface area contributed by atoms with Gasteiger partial charge < -0.3 is 4.90 Å². The van der Waals surface area contributed by atoms with Crippen LogP contribution in [0.1, 0.15) is 76.9 Å². The number of allylic oxidation sites excluding steroid dienone is 7. The molecule has 2 heteroatoms. The van der Waals surface area contributed by atoms with Crippen molar-refractivity contribution in [2.24, 2.45) is 5.92 Å². The number of fused-ring (bicyclic) bond motifs is 1. The van der Waals surface area contributed by atoms with Gasteiger partial charge in [0.05, 0.1) is 5.92 Å². The van der Waals surface area contributed by atoms with Gasteiger partial charge in [0.15, 0.2) is 5.78 Å². The molecule has 0 bridgehead atoms. The molecule has 0 N–H and O–H groups in total. The average molecular weight is 496 g/mol. The van der Waals surface area contributed by atoms with Crippen LogP contribution in [0.25, 0.3) is 0 Å². The Morgan fingerprint density at radius 1 is 1.00 bits per heavy atom. The van der Waals surface area contributed by atoms with Crippen LogP contribution < -0.4 is 4.90 Å². The van der Waals surface area contributed by atoms with Crippen molar-refractivity contribution in [1.29, 1.82) is 0 Å². The molecule has 1 aliphatic heterocycles. The average Bonchev–Trinajstić information content (AvgIpc) is 2.95. The highest BCUT2D eigenvalue weighted by Gasteiger charge is 2.35. The lowest BCUT2D eigenvalue weighted by atomic mass is 9.69. The number of carbonyl (C=O) groups excluding carboxylic acids is 1. The van der Waals surface area contributed by atoms with Gasteiger partial charge in [0.25, 0.3) is 0 Å². The molecule has 1 saturated heterocycles. The van der Waals surface area contributed by atoms with E-state index < -0.39 is 0 Å². The number of hydrogen-bond acceptors (Lipinski definition) is 2. The van der Waals surface area contributed by atoms with Gasteiger partial charge >= 0.3 is 0 Å². The van der Waals surface area contributed by atoms with Gasteiger partial charge in [-0.1, -0.05) is 80.6 Å². The number of carbonyl (C=O) groups is 1. The lowest BCUT2D eigenvalue weighted by Gasteiger charge is -2.34. The van der Waals surface area contributed by atoms with Crippen LogP contribution in [0.5, 0.6) is 0 Å². The summed E-state index contributed by atoms with van der Waals surface area (Å²) in [5.74, 6) is 0.281. The Bertz CT molecular complexity index is 1180. The fourth-order valence-corrected chi connectivity index (χ4v) is 6.07. The molecular formula is C35H45NO. The zero-order chi connectivity index (χ0) is 26.2. The van der Waals surface area contributed by atoms with E-state index in [1.54, 1.807) is 6.08 Å². The monoisotopic (exact) mass is 495 g/mol. The largest absolute Gasteiger partial charge is 0.372 e. The summed E-state index contributed by atoms with van der Waals surface area (Å²) < 4.78 is 0. The zero-order valence-electron chi connectivity index (χ0n) is 23.0. The van der Waals surface area contributed by atoms with E-state index in [9.17, 15) is 4.79 Å². The summed E-state index contributed by atoms with van der Waals surface area (Å²) in [5.41, 5.74) is 8.77. The first-order valence-electron chi connectivity index (χ1n) is 14.3. The van der Waals surface area contributed by atoms with E-state index in [0.717, 1.165) is 36.8 Å². The molecule has 2 aromatic carbocycles. The number of ketones is 1. The van der Waals surface area contributed by atoms with Crippen LogP contribution in [0.15, 0.2) is 96.1 Å². The topological polar surface area (TPSA) is 20.3 Å². The highest BCUT2D eigenvalue weighted by Crippen LogP contribution is 2.43. The Morgan fingerprint density at radius 2 is 1.73 bits per heavy atom. The van der Waals surface area contributed by atoms with Crippen molar-refractivity contribution in [3.8, 4) is 0 Å². The molecule has 0 amide bonds.